The lowest BCUT2D eigenvalue weighted by Gasteiger charge is -2.15. The zero-order valence-corrected chi connectivity index (χ0v) is 11.9. The van der Waals surface area contributed by atoms with Crippen molar-refractivity contribution >= 4 is 12.2 Å². The van der Waals surface area contributed by atoms with Crippen molar-refractivity contribution in [2.45, 2.75) is 27.7 Å². The van der Waals surface area contributed by atoms with Crippen molar-refractivity contribution in [3.05, 3.63) is 23.9 Å². The van der Waals surface area contributed by atoms with Gasteiger partial charge in [-0.05, 0) is 33.8 Å². The first-order valence-corrected chi connectivity index (χ1v) is 6.31. The molecule has 0 unspecified atom stereocenters. The zero-order chi connectivity index (χ0) is 14.3. The largest absolute Gasteiger partial charge is 0.338 e. The molecule has 4 nitrogen and oxygen atoms in total. The summed E-state index contributed by atoms with van der Waals surface area (Å²) in [6, 6.07) is 1.63. The maximum Gasteiger partial charge on any atom is 0.228 e. The summed E-state index contributed by atoms with van der Waals surface area (Å²) < 4.78 is 5.09. The van der Waals surface area contributed by atoms with Gasteiger partial charge in [0, 0.05) is 24.6 Å². The van der Waals surface area contributed by atoms with E-state index in [1.165, 1.54) is 0 Å². The topological polar surface area (TPSA) is 46.3 Å². The molecule has 0 aliphatic rings. The SMILES string of the molecule is CCN(CC=CC#CC(C)(C)C)c1cc(C=O)no1. The second kappa shape index (κ2) is 6.79. The van der Waals surface area contributed by atoms with E-state index in [4.69, 9.17) is 4.52 Å². The highest BCUT2D eigenvalue weighted by atomic mass is 16.5. The van der Waals surface area contributed by atoms with Crippen LogP contribution >= 0.6 is 0 Å². The predicted molar refractivity (Wildman–Crippen MR) is 76.1 cm³/mol. The molecule has 0 aliphatic carbocycles. The molecule has 0 radical (unpaired) electrons. The third kappa shape index (κ3) is 5.43. The maximum absolute atomic E-state index is 10.6. The second-order valence-electron chi connectivity index (χ2n) is 5.17. The van der Waals surface area contributed by atoms with Crippen LogP contribution in [0, 0.1) is 17.3 Å². The molecule has 0 fully saturated rings. The van der Waals surface area contributed by atoms with Crippen LogP contribution in [-0.4, -0.2) is 24.5 Å². The maximum atomic E-state index is 10.6. The minimum Gasteiger partial charge on any atom is -0.338 e. The van der Waals surface area contributed by atoms with Crippen LogP contribution in [0.4, 0.5) is 5.88 Å². The molecule has 0 aliphatic heterocycles. The summed E-state index contributed by atoms with van der Waals surface area (Å²) in [6.45, 7) is 9.66. The van der Waals surface area contributed by atoms with Gasteiger partial charge in [-0.3, -0.25) is 4.79 Å². The fraction of sp³-hybridized carbons (Fsp3) is 0.467. The van der Waals surface area contributed by atoms with Gasteiger partial charge in [0.05, 0.1) is 0 Å². The quantitative estimate of drug-likeness (QED) is 0.603. The zero-order valence-electron chi connectivity index (χ0n) is 11.9. The molecule has 19 heavy (non-hydrogen) atoms. The van der Waals surface area contributed by atoms with E-state index in [0.29, 0.717) is 24.4 Å². The fourth-order valence-electron chi connectivity index (χ4n) is 1.36. The third-order valence-electron chi connectivity index (χ3n) is 2.30. The second-order valence-corrected chi connectivity index (χ2v) is 5.17. The van der Waals surface area contributed by atoms with Crippen LogP contribution in [0.3, 0.4) is 0 Å². The van der Waals surface area contributed by atoms with Crippen molar-refractivity contribution in [2.75, 3.05) is 18.0 Å². The fourth-order valence-corrected chi connectivity index (χ4v) is 1.36. The van der Waals surface area contributed by atoms with Gasteiger partial charge in [0.1, 0.15) is 5.69 Å². The number of hydrogen-bond acceptors (Lipinski definition) is 4. The normalized spacial score (nSPS) is 11.2. The number of carbonyl (C=O) groups excluding carboxylic acids is 1. The van der Waals surface area contributed by atoms with E-state index in [-0.39, 0.29) is 5.41 Å². The highest BCUT2D eigenvalue weighted by Crippen LogP contribution is 2.14. The van der Waals surface area contributed by atoms with Crippen molar-refractivity contribution < 1.29 is 9.32 Å². The molecule has 1 aromatic rings. The van der Waals surface area contributed by atoms with Crippen LogP contribution in [0.2, 0.25) is 0 Å². The van der Waals surface area contributed by atoms with Gasteiger partial charge in [0.25, 0.3) is 0 Å². The average molecular weight is 260 g/mol. The molecule has 0 atom stereocenters. The number of anilines is 1. The molecule has 1 rings (SSSR count). The predicted octanol–water partition coefficient (Wildman–Crippen LogP) is 2.92. The van der Waals surface area contributed by atoms with E-state index < -0.39 is 0 Å². The summed E-state index contributed by atoms with van der Waals surface area (Å²) in [7, 11) is 0. The van der Waals surface area contributed by atoms with Gasteiger partial charge >= 0.3 is 0 Å². The average Bonchev–Trinajstić information content (AvgIpc) is 2.81. The van der Waals surface area contributed by atoms with Gasteiger partial charge in [-0.15, -0.1) is 0 Å². The minimum absolute atomic E-state index is 0.0125. The number of aromatic nitrogens is 1. The molecule has 0 saturated carbocycles. The van der Waals surface area contributed by atoms with E-state index in [1.54, 1.807) is 6.07 Å². The number of nitrogens with zero attached hydrogens (tertiary/aromatic N) is 2. The van der Waals surface area contributed by atoms with Gasteiger partial charge < -0.3 is 9.42 Å². The number of aldehydes is 1. The molecule has 1 heterocycles. The number of hydrogen-bond donors (Lipinski definition) is 0. The summed E-state index contributed by atoms with van der Waals surface area (Å²) in [5.41, 5.74) is 0.323. The van der Waals surface area contributed by atoms with Crippen molar-refractivity contribution in [1.82, 2.24) is 5.16 Å². The molecule has 0 N–H and O–H groups in total. The van der Waals surface area contributed by atoms with Crippen molar-refractivity contribution in [3.8, 4) is 11.8 Å². The summed E-state index contributed by atoms with van der Waals surface area (Å²) in [6.07, 6.45) is 4.47. The molecular formula is C15H20N2O2. The Morgan fingerprint density at radius 2 is 2.21 bits per heavy atom. The Labute approximate surface area is 114 Å². The Morgan fingerprint density at radius 1 is 1.47 bits per heavy atom. The van der Waals surface area contributed by atoms with Gasteiger partial charge in [-0.25, -0.2) is 0 Å². The molecule has 0 bridgehead atoms. The van der Waals surface area contributed by atoms with Crippen LogP contribution in [0.15, 0.2) is 22.7 Å². The number of likely N-dealkylation sites (N-methyl/N-ethyl adjacent to an activating group) is 1. The lowest BCUT2D eigenvalue weighted by Crippen LogP contribution is -2.21. The van der Waals surface area contributed by atoms with Crippen LogP contribution in [-0.2, 0) is 0 Å². The highest BCUT2D eigenvalue weighted by molar-refractivity contribution is 5.72. The highest BCUT2D eigenvalue weighted by Gasteiger charge is 2.09. The van der Waals surface area contributed by atoms with Crippen LogP contribution < -0.4 is 4.90 Å². The Morgan fingerprint density at radius 3 is 2.74 bits per heavy atom. The number of allylic oxidation sites excluding steroid dienone is 1. The molecule has 102 valence electrons. The van der Waals surface area contributed by atoms with E-state index in [2.05, 4.69) is 37.8 Å². The third-order valence-corrected chi connectivity index (χ3v) is 2.30. The van der Waals surface area contributed by atoms with E-state index in [0.717, 1.165) is 6.54 Å². The van der Waals surface area contributed by atoms with Gasteiger partial charge in [-0.1, -0.05) is 23.1 Å². The van der Waals surface area contributed by atoms with Crippen LogP contribution in [0.5, 0.6) is 0 Å². The molecule has 0 amide bonds. The van der Waals surface area contributed by atoms with Crippen molar-refractivity contribution in [1.29, 1.82) is 0 Å². The molecule has 0 spiro atoms. The molecule has 0 aromatic carbocycles. The molecule has 1 aromatic heterocycles. The number of carbonyl (C=O) groups is 1. The van der Waals surface area contributed by atoms with Crippen molar-refractivity contribution in [3.63, 3.8) is 0 Å². The first-order valence-electron chi connectivity index (χ1n) is 6.31. The smallest absolute Gasteiger partial charge is 0.228 e. The summed E-state index contributed by atoms with van der Waals surface area (Å²) >= 11 is 0. The summed E-state index contributed by atoms with van der Waals surface area (Å²) in [5.74, 6) is 6.74. The molecular weight excluding hydrogens is 240 g/mol. The molecule has 0 saturated heterocycles. The van der Waals surface area contributed by atoms with E-state index in [9.17, 15) is 4.79 Å². The summed E-state index contributed by atoms with van der Waals surface area (Å²) in [5, 5.41) is 3.64. The Bertz CT molecular complexity index is 498. The Kier molecular flexibility index (Phi) is 5.37. The van der Waals surface area contributed by atoms with E-state index >= 15 is 0 Å². The lowest BCUT2D eigenvalue weighted by molar-refractivity contribution is 0.111. The molecule has 4 heteroatoms. The standard InChI is InChI=1S/C15H20N2O2/c1-5-17(14-11-13(12-18)16-19-14)10-8-6-7-9-15(2,3)4/h6,8,11-12H,5,10H2,1-4H3. The van der Waals surface area contributed by atoms with Crippen LogP contribution in [0.1, 0.15) is 38.2 Å². The Balaban J connectivity index is 2.60. The monoisotopic (exact) mass is 260 g/mol. The number of rotatable bonds is 5. The van der Waals surface area contributed by atoms with Crippen molar-refractivity contribution in [2.24, 2.45) is 5.41 Å². The Hall–Kier alpha value is -2.02. The first-order chi connectivity index (χ1) is 8.96. The van der Waals surface area contributed by atoms with Gasteiger partial charge in [-0.2, -0.15) is 0 Å². The lowest BCUT2D eigenvalue weighted by atomic mass is 9.98. The van der Waals surface area contributed by atoms with Crippen LogP contribution in [0.25, 0.3) is 0 Å². The summed E-state index contributed by atoms with van der Waals surface area (Å²) in [4.78, 5) is 12.5. The van der Waals surface area contributed by atoms with Gasteiger partial charge in [0.15, 0.2) is 6.29 Å². The van der Waals surface area contributed by atoms with E-state index in [1.807, 2.05) is 24.0 Å². The first kappa shape index (κ1) is 15.0. The minimum atomic E-state index is 0.0125. The van der Waals surface area contributed by atoms with Gasteiger partial charge in [0.2, 0.25) is 5.88 Å².